The molecule has 2 heterocycles. The van der Waals surface area contributed by atoms with Crippen LogP contribution in [-0.2, 0) is 11.2 Å². The molecular formula is C15H22N2O2. The molecule has 1 fully saturated rings. The van der Waals surface area contributed by atoms with Crippen molar-refractivity contribution in [3.8, 4) is 0 Å². The predicted molar refractivity (Wildman–Crippen MR) is 73.9 cm³/mol. The Hall–Kier alpha value is -1.58. The highest BCUT2D eigenvalue weighted by atomic mass is 16.6. The summed E-state index contributed by atoms with van der Waals surface area (Å²) in [6.07, 6.45) is 5.49. The van der Waals surface area contributed by atoms with Crippen LogP contribution in [0.3, 0.4) is 0 Å². The molecule has 0 radical (unpaired) electrons. The van der Waals surface area contributed by atoms with E-state index in [1.165, 1.54) is 5.56 Å². The summed E-state index contributed by atoms with van der Waals surface area (Å²) in [7, 11) is 0. The van der Waals surface area contributed by atoms with Gasteiger partial charge in [0.1, 0.15) is 5.60 Å². The van der Waals surface area contributed by atoms with Gasteiger partial charge < -0.3 is 9.64 Å². The van der Waals surface area contributed by atoms with Crippen molar-refractivity contribution < 1.29 is 9.53 Å². The van der Waals surface area contributed by atoms with E-state index in [0.29, 0.717) is 5.92 Å². The van der Waals surface area contributed by atoms with Gasteiger partial charge in [-0.15, -0.1) is 0 Å². The highest BCUT2D eigenvalue weighted by Gasteiger charge is 2.29. The average Bonchev–Trinajstić information content (AvgIpc) is 2.77. The van der Waals surface area contributed by atoms with Crippen LogP contribution in [0.15, 0.2) is 24.5 Å². The molecule has 0 spiro atoms. The van der Waals surface area contributed by atoms with E-state index in [1.807, 2.05) is 50.2 Å². The number of rotatable bonds is 2. The highest BCUT2D eigenvalue weighted by molar-refractivity contribution is 5.68. The second-order valence-corrected chi connectivity index (χ2v) is 6.14. The third-order valence-corrected chi connectivity index (χ3v) is 3.21. The van der Waals surface area contributed by atoms with Crippen molar-refractivity contribution in [2.75, 3.05) is 13.1 Å². The van der Waals surface area contributed by atoms with E-state index in [2.05, 4.69) is 4.98 Å². The Morgan fingerprint density at radius 3 is 2.74 bits per heavy atom. The summed E-state index contributed by atoms with van der Waals surface area (Å²) in [6.45, 7) is 7.28. The molecule has 1 amide bonds. The van der Waals surface area contributed by atoms with Crippen LogP contribution < -0.4 is 0 Å². The van der Waals surface area contributed by atoms with Crippen molar-refractivity contribution in [2.45, 2.75) is 39.2 Å². The molecule has 0 aromatic carbocycles. The quantitative estimate of drug-likeness (QED) is 0.823. The van der Waals surface area contributed by atoms with Crippen LogP contribution in [0.5, 0.6) is 0 Å². The summed E-state index contributed by atoms with van der Waals surface area (Å²) in [6, 6.07) is 4.08. The maximum atomic E-state index is 12.0. The Bertz CT molecular complexity index is 426. The fourth-order valence-electron chi connectivity index (χ4n) is 2.34. The van der Waals surface area contributed by atoms with Gasteiger partial charge in [-0.1, -0.05) is 0 Å². The Balaban J connectivity index is 1.85. The molecular weight excluding hydrogens is 240 g/mol. The van der Waals surface area contributed by atoms with E-state index < -0.39 is 5.60 Å². The van der Waals surface area contributed by atoms with Gasteiger partial charge in [0.2, 0.25) is 0 Å². The van der Waals surface area contributed by atoms with E-state index in [-0.39, 0.29) is 6.09 Å². The second-order valence-electron chi connectivity index (χ2n) is 6.14. The second kappa shape index (κ2) is 5.59. The Morgan fingerprint density at radius 1 is 1.42 bits per heavy atom. The largest absolute Gasteiger partial charge is 0.444 e. The van der Waals surface area contributed by atoms with Crippen LogP contribution in [0.1, 0.15) is 32.8 Å². The molecule has 1 aromatic heterocycles. The molecule has 104 valence electrons. The third-order valence-electron chi connectivity index (χ3n) is 3.21. The van der Waals surface area contributed by atoms with E-state index in [9.17, 15) is 4.79 Å². The molecule has 0 saturated carbocycles. The first kappa shape index (κ1) is 13.8. The Kier molecular flexibility index (Phi) is 4.08. The first-order chi connectivity index (χ1) is 8.94. The number of carbonyl (C=O) groups excluding carboxylic acids is 1. The summed E-state index contributed by atoms with van der Waals surface area (Å²) in [4.78, 5) is 17.8. The van der Waals surface area contributed by atoms with E-state index in [1.54, 1.807) is 0 Å². The molecule has 1 aromatic rings. The zero-order chi connectivity index (χ0) is 13.9. The lowest BCUT2D eigenvalue weighted by Crippen LogP contribution is -2.35. The number of ether oxygens (including phenoxy) is 1. The maximum Gasteiger partial charge on any atom is 0.410 e. The van der Waals surface area contributed by atoms with Crippen LogP contribution in [0.25, 0.3) is 0 Å². The number of hydrogen-bond acceptors (Lipinski definition) is 3. The maximum absolute atomic E-state index is 12.0. The Labute approximate surface area is 114 Å². The van der Waals surface area contributed by atoms with Gasteiger partial charge in [0.15, 0.2) is 0 Å². The minimum atomic E-state index is -0.416. The van der Waals surface area contributed by atoms with Gasteiger partial charge in [-0.3, -0.25) is 4.98 Å². The predicted octanol–water partition coefficient (Wildman–Crippen LogP) is 2.88. The van der Waals surface area contributed by atoms with Crippen molar-refractivity contribution in [3.05, 3.63) is 30.1 Å². The fourth-order valence-corrected chi connectivity index (χ4v) is 2.34. The van der Waals surface area contributed by atoms with Gasteiger partial charge in [-0.25, -0.2) is 4.79 Å². The van der Waals surface area contributed by atoms with Gasteiger partial charge in [0, 0.05) is 25.5 Å². The summed E-state index contributed by atoms with van der Waals surface area (Å²) in [5.41, 5.74) is 0.867. The molecule has 4 heteroatoms. The van der Waals surface area contributed by atoms with Gasteiger partial charge in [0.25, 0.3) is 0 Å². The van der Waals surface area contributed by atoms with Gasteiger partial charge in [-0.2, -0.15) is 0 Å². The zero-order valence-corrected chi connectivity index (χ0v) is 11.9. The standard InChI is InChI=1S/C15H22N2O2/c1-15(2,3)19-14(18)17-9-6-13(11-17)10-12-4-7-16-8-5-12/h4-5,7-8,13H,6,9-11H2,1-3H3/t13-/m0/s1. The van der Waals surface area contributed by atoms with Crippen molar-refractivity contribution in [1.29, 1.82) is 0 Å². The number of pyridine rings is 1. The molecule has 4 nitrogen and oxygen atoms in total. The van der Waals surface area contributed by atoms with Crippen molar-refractivity contribution >= 4 is 6.09 Å². The molecule has 1 aliphatic rings. The smallest absolute Gasteiger partial charge is 0.410 e. The highest BCUT2D eigenvalue weighted by Crippen LogP contribution is 2.22. The lowest BCUT2D eigenvalue weighted by atomic mass is 10.00. The van der Waals surface area contributed by atoms with E-state index in [4.69, 9.17) is 4.74 Å². The van der Waals surface area contributed by atoms with Gasteiger partial charge in [0.05, 0.1) is 0 Å². The van der Waals surface area contributed by atoms with E-state index >= 15 is 0 Å². The molecule has 0 bridgehead atoms. The molecule has 1 aliphatic heterocycles. The molecule has 0 aliphatic carbocycles. The van der Waals surface area contributed by atoms with Crippen LogP contribution >= 0.6 is 0 Å². The lowest BCUT2D eigenvalue weighted by molar-refractivity contribution is 0.0288. The van der Waals surface area contributed by atoms with Crippen LogP contribution in [0.4, 0.5) is 4.79 Å². The SMILES string of the molecule is CC(C)(C)OC(=O)N1CC[C@@H](Cc2ccncc2)C1. The zero-order valence-electron chi connectivity index (χ0n) is 11.9. The van der Waals surface area contributed by atoms with Crippen LogP contribution in [0.2, 0.25) is 0 Å². The normalized spacial score (nSPS) is 19.5. The summed E-state index contributed by atoms with van der Waals surface area (Å²) in [5, 5.41) is 0. The topological polar surface area (TPSA) is 42.4 Å². The number of nitrogens with zero attached hydrogens (tertiary/aromatic N) is 2. The fraction of sp³-hybridized carbons (Fsp3) is 0.600. The van der Waals surface area contributed by atoms with Crippen molar-refractivity contribution in [3.63, 3.8) is 0 Å². The minimum Gasteiger partial charge on any atom is -0.444 e. The Morgan fingerprint density at radius 2 is 2.11 bits per heavy atom. The van der Waals surface area contributed by atoms with Gasteiger partial charge in [-0.05, 0) is 57.2 Å². The number of carbonyl (C=O) groups is 1. The summed E-state index contributed by atoms with van der Waals surface area (Å²) >= 11 is 0. The van der Waals surface area contributed by atoms with Crippen molar-refractivity contribution in [2.24, 2.45) is 5.92 Å². The van der Waals surface area contributed by atoms with Crippen LogP contribution in [0, 0.1) is 5.92 Å². The number of amides is 1. The molecule has 2 rings (SSSR count). The monoisotopic (exact) mass is 262 g/mol. The molecule has 1 saturated heterocycles. The number of likely N-dealkylation sites (tertiary alicyclic amines) is 1. The molecule has 19 heavy (non-hydrogen) atoms. The third kappa shape index (κ3) is 4.23. The lowest BCUT2D eigenvalue weighted by Gasteiger charge is -2.24. The summed E-state index contributed by atoms with van der Waals surface area (Å²) in [5.74, 6) is 0.523. The first-order valence-electron chi connectivity index (χ1n) is 6.81. The molecule has 1 atom stereocenters. The number of aromatic nitrogens is 1. The molecule has 0 N–H and O–H groups in total. The molecule has 0 unspecified atom stereocenters. The minimum absolute atomic E-state index is 0.190. The number of hydrogen-bond donors (Lipinski definition) is 0. The summed E-state index contributed by atoms with van der Waals surface area (Å²) < 4.78 is 5.40. The first-order valence-corrected chi connectivity index (χ1v) is 6.81. The van der Waals surface area contributed by atoms with Gasteiger partial charge >= 0.3 is 6.09 Å². The van der Waals surface area contributed by atoms with Crippen molar-refractivity contribution in [1.82, 2.24) is 9.88 Å². The average molecular weight is 262 g/mol. The van der Waals surface area contributed by atoms with Crippen LogP contribution in [-0.4, -0.2) is 34.7 Å². The van der Waals surface area contributed by atoms with E-state index in [0.717, 1.165) is 25.9 Å².